The van der Waals surface area contributed by atoms with Gasteiger partial charge in [0.2, 0.25) is 11.8 Å². The maximum absolute atomic E-state index is 12.6. The molecule has 0 aromatic rings. The molecule has 6 heteroatoms. The molecular formula is C16H26N2O4. The van der Waals surface area contributed by atoms with Crippen molar-refractivity contribution in [1.82, 2.24) is 9.80 Å². The summed E-state index contributed by atoms with van der Waals surface area (Å²) < 4.78 is 0. The minimum absolute atomic E-state index is 0.0628. The Kier molecular flexibility index (Phi) is 5.42. The Labute approximate surface area is 131 Å². The van der Waals surface area contributed by atoms with Gasteiger partial charge in [-0.3, -0.25) is 14.4 Å². The molecular weight excluding hydrogens is 284 g/mol. The van der Waals surface area contributed by atoms with E-state index in [0.717, 1.165) is 19.4 Å². The van der Waals surface area contributed by atoms with Gasteiger partial charge in [-0.25, -0.2) is 0 Å². The fraction of sp³-hybridized carbons (Fsp3) is 0.812. The second-order valence-corrected chi connectivity index (χ2v) is 6.77. The second-order valence-electron chi connectivity index (χ2n) is 6.77. The smallest absolute Gasteiger partial charge is 0.303 e. The lowest BCUT2D eigenvalue weighted by molar-refractivity contribution is -0.138. The third-order valence-electron chi connectivity index (χ3n) is 4.73. The van der Waals surface area contributed by atoms with Gasteiger partial charge in [0.25, 0.3) is 0 Å². The number of nitrogens with zero attached hydrogens (tertiary/aromatic N) is 2. The van der Waals surface area contributed by atoms with Gasteiger partial charge in [-0.15, -0.1) is 0 Å². The molecule has 2 atom stereocenters. The molecule has 124 valence electrons. The van der Waals surface area contributed by atoms with E-state index in [-0.39, 0.29) is 36.1 Å². The molecule has 0 radical (unpaired) electrons. The van der Waals surface area contributed by atoms with Crippen LogP contribution in [0.25, 0.3) is 0 Å². The summed E-state index contributed by atoms with van der Waals surface area (Å²) >= 11 is 0. The third-order valence-corrected chi connectivity index (χ3v) is 4.73. The molecule has 1 N–H and O–H groups in total. The van der Waals surface area contributed by atoms with Crippen LogP contribution < -0.4 is 0 Å². The van der Waals surface area contributed by atoms with Crippen LogP contribution in [0.15, 0.2) is 0 Å². The highest BCUT2D eigenvalue weighted by Gasteiger charge is 2.38. The summed E-state index contributed by atoms with van der Waals surface area (Å²) in [5.74, 6) is -0.609. The summed E-state index contributed by atoms with van der Waals surface area (Å²) in [6.07, 6.45) is 3.01. The number of hydrogen-bond donors (Lipinski definition) is 1. The normalized spacial score (nSPS) is 25.9. The van der Waals surface area contributed by atoms with Crippen molar-refractivity contribution in [3.63, 3.8) is 0 Å². The van der Waals surface area contributed by atoms with Gasteiger partial charge in [-0.2, -0.15) is 0 Å². The number of piperidine rings is 1. The lowest BCUT2D eigenvalue weighted by Crippen LogP contribution is -2.44. The van der Waals surface area contributed by atoms with Gasteiger partial charge in [-0.05, 0) is 39.0 Å². The highest BCUT2D eigenvalue weighted by Crippen LogP contribution is 2.26. The monoisotopic (exact) mass is 310 g/mol. The van der Waals surface area contributed by atoms with Gasteiger partial charge in [-0.1, -0.05) is 0 Å². The van der Waals surface area contributed by atoms with Crippen molar-refractivity contribution < 1.29 is 19.5 Å². The summed E-state index contributed by atoms with van der Waals surface area (Å²) in [7, 11) is 0. The van der Waals surface area contributed by atoms with Gasteiger partial charge >= 0.3 is 5.97 Å². The molecule has 2 aliphatic heterocycles. The first-order chi connectivity index (χ1) is 10.4. The van der Waals surface area contributed by atoms with E-state index >= 15 is 0 Å². The van der Waals surface area contributed by atoms with Crippen LogP contribution >= 0.6 is 0 Å². The Morgan fingerprint density at radius 2 is 2.05 bits per heavy atom. The largest absolute Gasteiger partial charge is 0.481 e. The first-order valence-electron chi connectivity index (χ1n) is 8.18. The molecule has 0 aliphatic carbocycles. The van der Waals surface area contributed by atoms with Crippen LogP contribution in [-0.2, 0) is 14.4 Å². The second kappa shape index (κ2) is 7.11. The number of carboxylic acid groups (broad SMARTS) is 1. The van der Waals surface area contributed by atoms with Crippen molar-refractivity contribution in [2.45, 2.75) is 52.0 Å². The summed E-state index contributed by atoms with van der Waals surface area (Å²) in [5, 5.41) is 8.78. The highest BCUT2D eigenvalue weighted by molar-refractivity contribution is 5.89. The number of amides is 2. The van der Waals surface area contributed by atoms with Gasteiger partial charge in [0.05, 0.1) is 5.92 Å². The van der Waals surface area contributed by atoms with Gasteiger partial charge in [0, 0.05) is 38.5 Å². The Morgan fingerprint density at radius 1 is 1.32 bits per heavy atom. The number of hydrogen-bond acceptors (Lipinski definition) is 3. The lowest BCUT2D eigenvalue weighted by atomic mass is 9.92. The van der Waals surface area contributed by atoms with Gasteiger partial charge < -0.3 is 14.9 Å². The minimum atomic E-state index is -0.780. The van der Waals surface area contributed by atoms with Crippen LogP contribution in [0.3, 0.4) is 0 Å². The molecule has 0 aromatic heterocycles. The molecule has 2 heterocycles. The van der Waals surface area contributed by atoms with Crippen LogP contribution in [0.1, 0.15) is 46.0 Å². The lowest BCUT2D eigenvalue weighted by Gasteiger charge is -2.34. The quantitative estimate of drug-likeness (QED) is 0.831. The average molecular weight is 310 g/mol. The molecule has 2 amide bonds. The molecule has 6 nitrogen and oxygen atoms in total. The molecule has 2 fully saturated rings. The summed E-state index contributed by atoms with van der Waals surface area (Å²) in [6, 6.07) is 0.134. The molecule has 0 aromatic carbocycles. The first kappa shape index (κ1) is 16.8. The van der Waals surface area contributed by atoms with E-state index in [9.17, 15) is 14.4 Å². The van der Waals surface area contributed by atoms with Crippen molar-refractivity contribution in [3.05, 3.63) is 0 Å². The maximum Gasteiger partial charge on any atom is 0.303 e. The van der Waals surface area contributed by atoms with Crippen molar-refractivity contribution in [2.75, 3.05) is 19.6 Å². The third kappa shape index (κ3) is 3.99. The Balaban J connectivity index is 1.89. The predicted octanol–water partition coefficient (Wildman–Crippen LogP) is 1.35. The Morgan fingerprint density at radius 3 is 2.64 bits per heavy atom. The topological polar surface area (TPSA) is 77.9 Å². The number of likely N-dealkylation sites (tertiary alicyclic amines) is 2. The first-order valence-corrected chi connectivity index (χ1v) is 8.18. The van der Waals surface area contributed by atoms with E-state index in [4.69, 9.17) is 5.11 Å². The molecule has 0 saturated carbocycles. The zero-order chi connectivity index (χ0) is 16.3. The van der Waals surface area contributed by atoms with Crippen LogP contribution in [0.2, 0.25) is 0 Å². The molecule has 22 heavy (non-hydrogen) atoms. The number of aliphatic carboxylic acids is 1. The van der Waals surface area contributed by atoms with E-state index < -0.39 is 5.97 Å². The van der Waals surface area contributed by atoms with Crippen molar-refractivity contribution >= 4 is 17.8 Å². The van der Waals surface area contributed by atoms with E-state index in [0.29, 0.717) is 25.9 Å². The predicted molar refractivity (Wildman–Crippen MR) is 81.1 cm³/mol. The fourth-order valence-electron chi connectivity index (χ4n) is 3.48. The zero-order valence-electron chi connectivity index (χ0n) is 13.5. The van der Waals surface area contributed by atoms with Crippen molar-refractivity contribution in [3.8, 4) is 0 Å². The van der Waals surface area contributed by atoms with E-state index in [1.54, 1.807) is 4.90 Å². The fourth-order valence-corrected chi connectivity index (χ4v) is 3.48. The van der Waals surface area contributed by atoms with Crippen LogP contribution in [-0.4, -0.2) is 58.4 Å². The number of carbonyl (C=O) groups excluding carboxylic acids is 2. The molecule has 0 bridgehead atoms. The molecule has 2 saturated heterocycles. The van der Waals surface area contributed by atoms with Gasteiger partial charge in [0.1, 0.15) is 0 Å². The van der Waals surface area contributed by atoms with E-state index in [1.165, 1.54) is 0 Å². The molecule has 2 rings (SSSR count). The summed E-state index contributed by atoms with van der Waals surface area (Å²) in [5.41, 5.74) is 0. The van der Waals surface area contributed by atoms with Gasteiger partial charge in [0.15, 0.2) is 0 Å². The summed E-state index contributed by atoms with van der Waals surface area (Å²) in [4.78, 5) is 38.9. The Bertz CT molecular complexity index is 449. The Hall–Kier alpha value is -1.59. The maximum atomic E-state index is 12.6. The number of rotatable bonds is 5. The van der Waals surface area contributed by atoms with E-state index in [1.807, 2.05) is 18.7 Å². The highest BCUT2D eigenvalue weighted by atomic mass is 16.4. The zero-order valence-corrected chi connectivity index (χ0v) is 13.5. The number of carbonyl (C=O) groups is 3. The summed E-state index contributed by atoms with van der Waals surface area (Å²) in [6.45, 7) is 5.82. The minimum Gasteiger partial charge on any atom is -0.481 e. The van der Waals surface area contributed by atoms with Crippen LogP contribution in [0, 0.1) is 11.8 Å². The van der Waals surface area contributed by atoms with Crippen molar-refractivity contribution in [1.29, 1.82) is 0 Å². The van der Waals surface area contributed by atoms with Crippen LogP contribution in [0.5, 0.6) is 0 Å². The van der Waals surface area contributed by atoms with E-state index in [2.05, 4.69) is 0 Å². The standard InChI is InChI=1S/C16H26N2O4/c1-11(2)18-10-13(8-14(18)19)16(22)17-7-3-4-12(9-17)5-6-15(20)21/h11-13H,3-10H2,1-2H3,(H,20,21)/t12-,13-/m1/s1. The molecule has 2 aliphatic rings. The molecule has 0 unspecified atom stereocenters. The molecule has 0 spiro atoms. The SMILES string of the molecule is CC(C)N1C[C@H](C(=O)N2CCC[C@H](CCC(=O)O)C2)CC1=O. The number of carboxylic acids is 1. The van der Waals surface area contributed by atoms with Crippen LogP contribution in [0.4, 0.5) is 0 Å². The average Bonchev–Trinajstić information content (AvgIpc) is 2.87. The van der Waals surface area contributed by atoms with Crippen molar-refractivity contribution in [2.24, 2.45) is 11.8 Å².